The lowest BCUT2D eigenvalue weighted by atomic mass is 10.1. The molecule has 1 N–H and O–H groups in total. The Morgan fingerprint density at radius 2 is 1.76 bits per heavy atom. The van der Waals surface area contributed by atoms with Crippen molar-refractivity contribution in [2.24, 2.45) is 0 Å². The van der Waals surface area contributed by atoms with Gasteiger partial charge in [0.25, 0.3) is 0 Å². The van der Waals surface area contributed by atoms with Gasteiger partial charge in [-0.25, -0.2) is 13.6 Å². The van der Waals surface area contributed by atoms with Gasteiger partial charge >= 0.3 is 6.03 Å². The zero-order chi connectivity index (χ0) is 17.8. The van der Waals surface area contributed by atoms with Crippen LogP contribution in [0.5, 0.6) is 0 Å². The first-order valence-corrected chi connectivity index (χ1v) is 8.32. The average Bonchev–Trinajstić information content (AvgIpc) is 2.63. The molecule has 1 heterocycles. The number of urea groups is 1. The molecule has 3 rings (SSSR count). The number of amides is 2. The SMILES string of the molecule is Cc1ccccc1CNC(=O)N1CCN(c2ccc(F)c(F)c2)CC1. The molecule has 2 aromatic carbocycles. The van der Waals surface area contributed by atoms with Gasteiger partial charge in [-0.3, -0.25) is 0 Å². The molecule has 1 saturated heterocycles. The van der Waals surface area contributed by atoms with E-state index in [1.807, 2.05) is 36.1 Å². The average molecular weight is 345 g/mol. The van der Waals surface area contributed by atoms with E-state index in [2.05, 4.69) is 5.32 Å². The topological polar surface area (TPSA) is 35.6 Å². The summed E-state index contributed by atoms with van der Waals surface area (Å²) in [7, 11) is 0. The molecule has 0 aliphatic carbocycles. The predicted molar refractivity (Wildman–Crippen MR) is 93.6 cm³/mol. The maximum absolute atomic E-state index is 13.4. The zero-order valence-corrected chi connectivity index (χ0v) is 14.1. The highest BCUT2D eigenvalue weighted by molar-refractivity contribution is 5.74. The van der Waals surface area contributed by atoms with Crippen LogP contribution in [-0.4, -0.2) is 37.1 Å². The van der Waals surface area contributed by atoms with Crippen molar-refractivity contribution in [2.75, 3.05) is 31.1 Å². The summed E-state index contributed by atoms with van der Waals surface area (Å²) in [6.07, 6.45) is 0. The molecule has 1 aliphatic rings. The van der Waals surface area contributed by atoms with Crippen LogP contribution in [0.15, 0.2) is 42.5 Å². The minimum atomic E-state index is -0.851. The van der Waals surface area contributed by atoms with E-state index in [9.17, 15) is 13.6 Å². The fourth-order valence-electron chi connectivity index (χ4n) is 2.94. The molecule has 6 heteroatoms. The first-order chi connectivity index (χ1) is 12.0. The molecule has 0 bridgehead atoms. The molecule has 132 valence electrons. The fraction of sp³-hybridized carbons (Fsp3) is 0.316. The van der Waals surface area contributed by atoms with E-state index in [-0.39, 0.29) is 6.03 Å². The number of piperazine rings is 1. The molecule has 4 nitrogen and oxygen atoms in total. The fourth-order valence-corrected chi connectivity index (χ4v) is 2.94. The van der Waals surface area contributed by atoms with Crippen molar-refractivity contribution >= 4 is 11.7 Å². The van der Waals surface area contributed by atoms with Gasteiger partial charge in [0.05, 0.1) is 0 Å². The molecule has 0 radical (unpaired) electrons. The van der Waals surface area contributed by atoms with Crippen LogP contribution in [0.4, 0.5) is 19.3 Å². The third-order valence-corrected chi connectivity index (χ3v) is 4.53. The van der Waals surface area contributed by atoms with Gasteiger partial charge in [0.1, 0.15) is 0 Å². The van der Waals surface area contributed by atoms with Gasteiger partial charge in [0.2, 0.25) is 0 Å². The van der Waals surface area contributed by atoms with Crippen LogP contribution in [-0.2, 0) is 6.54 Å². The van der Waals surface area contributed by atoms with E-state index in [0.29, 0.717) is 38.4 Å². The third-order valence-electron chi connectivity index (χ3n) is 4.53. The Kier molecular flexibility index (Phi) is 5.16. The summed E-state index contributed by atoms with van der Waals surface area (Å²) >= 11 is 0. The molecule has 0 aromatic heterocycles. The van der Waals surface area contributed by atoms with Gasteiger partial charge in [-0.05, 0) is 30.2 Å². The summed E-state index contributed by atoms with van der Waals surface area (Å²) in [5, 5.41) is 2.94. The Hall–Kier alpha value is -2.63. The Bertz CT molecular complexity index is 758. The Morgan fingerprint density at radius 1 is 1.04 bits per heavy atom. The first-order valence-electron chi connectivity index (χ1n) is 8.32. The van der Waals surface area contributed by atoms with Gasteiger partial charge in [-0.2, -0.15) is 0 Å². The number of nitrogens with one attached hydrogen (secondary N) is 1. The van der Waals surface area contributed by atoms with Gasteiger partial charge in [-0.1, -0.05) is 24.3 Å². The van der Waals surface area contributed by atoms with E-state index in [1.54, 1.807) is 11.0 Å². The number of carbonyl (C=O) groups excluding carboxylic acids is 1. The second kappa shape index (κ2) is 7.51. The predicted octanol–water partition coefficient (Wildman–Crippen LogP) is 3.31. The second-order valence-corrected chi connectivity index (χ2v) is 6.16. The number of rotatable bonds is 3. The molecule has 2 amide bonds. The molecular formula is C19H21F2N3O. The molecule has 0 atom stereocenters. The highest BCUT2D eigenvalue weighted by Crippen LogP contribution is 2.19. The van der Waals surface area contributed by atoms with Gasteiger partial charge in [-0.15, -0.1) is 0 Å². The summed E-state index contributed by atoms with van der Waals surface area (Å²) in [4.78, 5) is 16.0. The van der Waals surface area contributed by atoms with Crippen molar-refractivity contribution in [3.63, 3.8) is 0 Å². The highest BCUT2D eigenvalue weighted by Gasteiger charge is 2.21. The quantitative estimate of drug-likeness (QED) is 0.926. The molecule has 25 heavy (non-hydrogen) atoms. The minimum absolute atomic E-state index is 0.104. The maximum atomic E-state index is 13.4. The normalized spacial score (nSPS) is 14.5. The lowest BCUT2D eigenvalue weighted by Gasteiger charge is -2.36. The number of halogens is 2. The van der Waals surface area contributed by atoms with Gasteiger partial charge in [0, 0.05) is 44.5 Å². The zero-order valence-electron chi connectivity index (χ0n) is 14.1. The minimum Gasteiger partial charge on any atom is -0.368 e. The molecule has 0 unspecified atom stereocenters. The highest BCUT2D eigenvalue weighted by atomic mass is 19.2. The summed E-state index contributed by atoms with van der Waals surface area (Å²) in [5.41, 5.74) is 2.88. The smallest absolute Gasteiger partial charge is 0.317 e. The largest absolute Gasteiger partial charge is 0.368 e. The summed E-state index contributed by atoms with van der Waals surface area (Å²) in [6.45, 7) is 4.76. The van der Waals surface area contributed by atoms with Crippen LogP contribution in [0.2, 0.25) is 0 Å². The first kappa shape index (κ1) is 17.2. The summed E-state index contributed by atoms with van der Waals surface area (Å²) in [5.74, 6) is -1.70. The number of aryl methyl sites for hydroxylation is 1. The van der Waals surface area contributed by atoms with Crippen molar-refractivity contribution < 1.29 is 13.6 Å². The lowest BCUT2D eigenvalue weighted by molar-refractivity contribution is 0.194. The summed E-state index contributed by atoms with van der Waals surface area (Å²) in [6, 6.07) is 11.7. The van der Waals surface area contributed by atoms with Crippen LogP contribution in [0.3, 0.4) is 0 Å². The van der Waals surface area contributed by atoms with Gasteiger partial charge < -0.3 is 15.1 Å². The molecular weight excluding hydrogens is 324 g/mol. The monoisotopic (exact) mass is 345 g/mol. The lowest BCUT2D eigenvalue weighted by Crippen LogP contribution is -2.51. The number of benzene rings is 2. The standard InChI is InChI=1S/C19H21F2N3O/c1-14-4-2-3-5-15(14)13-22-19(25)24-10-8-23(9-11-24)16-6-7-17(20)18(21)12-16/h2-7,12H,8-11,13H2,1H3,(H,22,25). The van der Waals surface area contributed by atoms with E-state index in [1.165, 1.54) is 6.07 Å². The molecule has 0 spiro atoms. The van der Waals surface area contributed by atoms with Crippen molar-refractivity contribution in [1.29, 1.82) is 0 Å². The number of hydrogen-bond donors (Lipinski definition) is 1. The van der Waals surface area contributed by atoms with E-state index in [4.69, 9.17) is 0 Å². The number of anilines is 1. The van der Waals surface area contributed by atoms with E-state index >= 15 is 0 Å². The Labute approximate surface area is 146 Å². The molecule has 1 fully saturated rings. The number of nitrogens with zero attached hydrogens (tertiary/aromatic N) is 2. The van der Waals surface area contributed by atoms with Crippen molar-refractivity contribution in [1.82, 2.24) is 10.2 Å². The van der Waals surface area contributed by atoms with Crippen molar-refractivity contribution in [2.45, 2.75) is 13.5 Å². The second-order valence-electron chi connectivity index (χ2n) is 6.16. The maximum Gasteiger partial charge on any atom is 0.317 e. The Morgan fingerprint density at radius 3 is 2.44 bits per heavy atom. The number of hydrogen-bond acceptors (Lipinski definition) is 2. The van der Waals surface area contributed by atoms with Crippen LogP contribution in [0, 0.1) is 18.6 Å². The molecule has 1 aliphatic heterocycles. The van der Waals surface area contributed by atoms with Gasteiger partial charge in [0.15, 0.2) is 11.6 Å². The van der Waals surface area contributed by atoms with Crippen molar-refractivity contribution in [3.05, 3.63) is 65.2 Å². The molecule has 0 saturated carbocycles. The van der Waals surface area contributed by atoms with Crippen molar-refractivity contribution in [3.8, 4) is 0 Å². The van der Waals surface area contributed by atoms with Crippen LogP contribution in [0.1, 0.15) is 11.1 Å². The van der Waals surface area contributed by atoms with Crippen LogP contribution >= 0.6 is 0 Å². The Balaban J connectivity index is 1.52. The van der Waals surface area contributed by atoms with E-state index < -0.39 is 11.6 Å². The molecule has 2 aromatic rings. The van der Waals surface area contributed by atoms with Crippen LogP contribution < -0.4 is 10.2 Å². The third kappa shape index (κ3) is 4.07. The number of carbonyl (C=O) groups is 1. The van der Waals surface area contributed by atoms with E-state index in [0.717, 1.165) is 17.2 Å². The van der Waals surface area contributed by atoms with Crippen LogP contribution in [0.25, 0.3) is 0 Å². The summed E-state index contributed by atoms with van der Waals surface area (Å²) < 4.78 is 26.4.